The van der Waals surface area contributed by atoms with E-state index in [1.54, 1.807) is 11.3 Å². The van der Waals surface area contributed by atoms with Crippen LogP contribution in [0.5, 0.6) is 0 Å². The van der Waals surface area contributed by atoms with Crippen molar-refractivity contribution in [2.24, 2.45) is 0 Å². The third-order valence-corrected chi connectivity index (χ3v) is 4.82. The second-order valence-electron chi connectivity index (χ2n) is 4.99. The summed E-state index contributed by atoms with van der Waals surface area (Å²) < 4.78 is 6.61. The fourth-order valence-corrected chi connectivity index (χ4v) is 3.95. The van der Waals surface area contributed by atoms with Gasteiger partial charge in [-0.25, -0.2) is 4.79 Å². The third-order valence-electron chi connectivity index (χ3n) is 3.96. The zero-order chi connectivity index (χ0) is 13.3. The Morgan fingerprint density at radius 3 is 2.80 bits per heavy atom. The van der Waals surface area contributed by atoms with Crippen LogP contribution in [0.25, 0.3) is 42.6 Å². The van der Waals surface area contributed by atoms with Crippen LogP contribution in [0.3, 0.4) is 0 Å². The lowest BCUT2D eigenvalue weighted by atomic mass is 9.96. The fraction of sp³-hybridized carbons (Fsp3) is 0. The molecule has 0 radical (unpaired) electrons. The first-order valence-electron chi connectivity index (χ1n) is 6.41. The van der Waals surface area contributed by atoms with Crippen molar-refractivity contribution in [1.82, 2.24) is 0 Å². The highest BCUT2D eigenvalue weighted by Gasteiger charge is 2.15. The van der Waals surface area contributed by atoms with E-state index in [-0.39, 0.29) is 5.63 Å². The Hall–Kier alpha value is -2.39. The van der Waals surface area contributed by atoms with Crippen LogP contribution in [0.1, 0.15) is 0 Å². The molecular formula is C17H8O2S. The maximum atomic E-state index is 12.3. The predicted molar refractivity (Wildman–Crippen MR) is 84.1 cm³/mol. The van der Waals surface area contributed by atoms with Crippen LogP contribution in [0.2, 0.25) is 0 Å². The van der Waals surface area contributed by atoms with E-state index < -0.39 is 0 Å². The van der Waals surface area contributed by atoms with E-state index in [1.165, 1.54) is 5.39 Å². The maximum absolute atomic E-state index is 12.3. The van der Waals surface area contributed by atoms with Gasteiger partial charge in [-0.3, -0.25) is 0 Å². The zero-order valence-corrected chi connectivity index (χ0v) is 11.2. The molecule has 20 heavy (non-hydrogen) atoms. The van der Waals surface area contributed by atoms with Crippen molar-refractivity contribution in [3.63, 3.8) is 0 Å². The molecule has 5 aromatic rings. The van der Waals surface area contributed by atoms with Gasteiger partial charge in [0.15, 0.2) is 0 Å². The first kappa shape index (κ1) is 10.4. The van der Waals surface area contributed by atoms with E-state index in [1.807, 2.05) is 18.2 Å². The number of hydrogen-bond acceptors (Lipinski definition) is 3. The van der Waals surface area contributed by atoms with Gasteiger partial charge in [-0.15, -0.1) is 11.3 Å². The van der Waals surface area contributed by atoms with Gasteiger partial charge in [-0.1, -0.05) is 24.3 Å². The average molecular weight is 276 g/mol. The van der Waals surface area contributed by atoms with E-state index in [9.17, 15) is 4.79 Å². The van der Waals surface area contributed by atoms with Crippen LogP contribution in [0.4, 0.5) is 0 Å². The van der Waals surface area contributed by atoms with Crippen LogP contribution in [0, 0.1) is 0 Å². The summed E-state index contributed by atoms with van der Waals surface area (Å²) in [6.07, 6.45) is 0. The van der Waals surface area contributed by atoms with E-state index >= 15 is 0 Å². The first-order chi connectivity index (χ1) is 9.83. The Kier molecular flexibility index (Phi) is 1.76. The number of thiophene rings is 1. The highest BCUT2D eigenvalue weighted by Crippen LogP contribution is 2.38. The lowest BCUT2D eigenvalue weighted by molar-refractivity contribution is 0.570. The highest BCUT2D eigenvalue weighted by atomic mass is 32.1. The largest absolute Gasteiger partial charge is 0.422 e. The summed E-state index contributed by atoms with van der Waals surface area (Å²) in [6.45, 7) is 0. The highest BCUT2D eigenvalue weighted by molar-refractivity contribution is 7.17. The van der Waals surface area contributed by atoms with Crippen molar-refractivity contribution in [2.75, 3.05) is 0 Å². The topological polar surface area (TPSA) is 30.2 Å². The van der Waals surface area contributed by atoms with Crippen LogP contribution < -0.4 is 5.63 Å². The number of benzene rings is 3. The SMILES string of the molecule is O=c1oc2cccc3ccc4c5ccsc5cc1c4c32. The zero-order valence-electron chi connectivity index (χ0n) is 10.3. The van der Waals surface area contributed by atoms with Gasteiger partial charge in [-0.05, 0) is 34.4 Å². The van der Waals surface area contributed by atoms with Crippen molar-refractivity contribution in [1.29, 1.82) is 0 Å². The van der Waals surface area contributed by atoms with Gasteiger partial charge < -0.3 is 4.42 Å². The second kappa shape index (κ2) is 3.38. The minimum absolute atomic E-state index is 0.253. The van der Waals surface area contributed by atoms with Crippen molar-refractivity contribution in [2.45, 2.75) is 0 Å². The first-order valence-corrected chi connectivity index (χ1v) is 7.29. The summed E-state index contributed by atoms with van der Waals surface area (Å²) in [5.41, 5.74) is 0.414. The summed E-state index contributed by atoms with van der Waals surface area (Å²) in [6, 6.07) is 14.1. The van der Waals surface area contributed by atoms with Crippen LogP contribution in [-0.2, 0) is 0 Å². The molecule has 0 fully saturated rings. The molecular weight excluding hydrogens is 268 g/mol. The molecule has 0 unspecified atom stereocenters. The van der Waals surface area contributed by atoms with E-state index in [0.717, 1.165) is 26.2 Å². The molecule has 0 aliphatic carbocycles. The molecule has 0 amide bonds. The molecule has 5 rings (SSSR count). The minimum atomic E-state index is -0.253. The second-order valence-corrected chi connectivity index (χ2v) is 5.94. The van der Waals surface area contributed by atoms with Gasteiger partial charge in [0.2, 0.25) is 0 Å². The van der Waals surface area contributed by atoms with Gasteiger partial charge >= 0.3 is 5.63 Å². The lowest BCUT2D eigenvalue weighted by Crippen LogP contribution is -2.00. The fourth-order valence-electron chi connectivity index (χ4n) is 3.11. The smallest absolute Gasteiger partial charge is 0.344 e. The molecule has 2 aromatic heterocycles. The molecule has 0 bridgehead atoms. The van der Waals surface area contributed by atoms with Crippen LogP contribution >= 0.6 is 11.3 Å². The molecule has 0 saturated carbocycles. The molecule has 2 heterocycles. The van der Waals surface area contributed by atoms with Crippen LogP contribution in [-0.4, -0.2) is 0 Å². The quantitative estimate of drug-likeness (QED) is 0.302. The summed E-state index contributed by atoms with van der Waals surface area (Å²) in [4.78, 5) is 12.3. The van der Waals surface area contributed by atoms with Gasteiger partial charge in [-0.2, -0.15) is 0 Å². The molecule has 0 aliphatic rings. The summed E-state index contributed by atoms with van der Waals surface area (Å²) in [5, 5.41) is 8.27. The van der Waals surface area contributed by atoms with E-state index in [0.29, 0.717) is 11.0 Å². The van der Waals surface area contributed by atoms with Crippen molar-refractivity contribution >= 4 is 53.9 Å². The average Bonchev–Trinajstić information content (AvgIpc) is 2.93. The van der Waals surface area contributed by atoms with Crippen molar-refractivity contribution < 1.29 is 4.42 Å². The summed E-state index contributed by atoms with van der Waals surface area (Å²) in [5.74, 6) is 0. The summed E-state index contributed by atoms with van der Waals surface area (Å²) in [7, 11) is 0. The molecule has 0 spiro atoms. The van der Waals surface area contributed by atoms with Gasteiger partial charge in [0.25, 0.3) is 0 Å². The van der Waals surface area contributed by atoms with Crippen molar-refractivity contribution in [3.05, 3.63) is 58.3 Å². The monoisotopic (exact) mass is 276 g/mol. The molecule has 0 N–H and O–H groups in total. The standard InChI is InChI=1S/C17H8O2S/c18-17-12-8-14-10(6-7-20-14)11-5-4-9-2-1-3-13(19-17)15(9)16(11)12/h1-8H. The molecule has 3 aromatic carbocycles. The Morgan fingerprint density at radius 2 is 1.85 bits per heavy atom. The molecule has 2 nitrogen and oxygen atoms in total. The Labute approximate surface area is 117 Å². The Balaban J connectivity index is 2.31. The van der Waals surface area contributed by atoms with E-state index in [2.05, 4.69) is 29.6 Å². The Bertz CT molecular complexity index is 1160. The van der Waals surface area contributed by atoms with Crippen molar-refractivity contribution in [3.8, 4) is 0 Å². The normalized spacial score (nSPS) is 12.2. The molecule has 0 saturated heterocycles. The Morgan fingerprint density at radius 1 is 0.900 bits per heavy atom. The van der Waals surface area contributed by atoms with Crippen LogP contribution in [0.15, 0.2) is 57.1 Å². The van der Waals surface area contributed by atoms with E-state index in [4.69, 9.17) is 4.42 Å². The molecule has 0 aliphatic heterocycles. The summed E-state index contributed by atoms with van der Waals surface area (Å²) >= 11 is 1.65. The number of hydrogen-bond donors (Lipinski definition) is 0. The number of fused-ring (bicyclic) bond motifs is 2. The maximum Gasteiger partial charge on any atom is 0.344 e. The lowest BCUT2D eigenvalue weighted by Gasteiger charge is -2.09. The minimum Gasteiger partial charge on any atom is -0.422 e. The van der Waals surface area contributed by atoms with Gasteiger partial charge in [0, 0.05) is 20.9 Å². The third kappa shape index (κ3) is 1.12. The molecule has 94 valence electrons. The van der Waals surface area contributed by atoms with Gasteiger partial charge in [0.05, 0.1) is 5.39 Å². The predicted octanol–water partition coefficient (Wildman–Crippen LogP) is 4.75. The van der Waals surface area contributed by atoms with Gasteiger partial charge in [0.1, 0.15) is 5.58 Å². The molecule has 3 heteroatoms. The molecule has 0 atom stereocenters. The number of rotatable bonds is 0.